The molecule has 0 saturated heterocycles. The maximum atomic E-state index is 12.8. The second-order valence-electron chi connectivity index (χ2n) is 6.33. The van der Waals surface area contributed by atoms with Gasteiger partial charge in [-0.2, -0.15) is 0 Å². The van der Waals surface area contributed by atoms with Crippen molar-refractivity contribution in [3.8, 4) is 0 Å². The van der Waals surface area contributed by atoms with Gasteiger partial charge in [0.25, 0.3) is 0 Å². The van der Waals surface area contributed by atoms with E-state index >= 15 is 0 Å². The molecule has 0 radical (unpaired) electrons. The summed E-state index contributed by atoms with van der Waals surface area (Å²) in [5, 5.41) is 10.7. The van der Waals surface area contributed by atoms with Gasteiger partial charge in [0.05, 0.1) is 28.9 Å². The summed E-state index contributed by atoms with van der Waals surface area (Å²) >= 11 is 3.52. The van der Waals surface area contributed by atoms with Crippen LogP contribution in [0.1, 0.15) is 31.7 Å². The van der Waals surface area contributed by atoms with Crippen LogP contribution in [0.5, 0.6) is 0 Å². The van der Waals surface area contributed by atoms with E-state index in [1.165, 1.54) is 0 Å². The van der Waals surface area contributed by atoms with Crippen LogP contribution < -0.4 is 5.69 Å². The second kappa shape index (κ2) is 5.46. The van der Waals surface area contributed by atoms with Gasteiger partial charge in [-0.3, -0.25) is 14.1 Å². The molecule has 0 atom stereocenters. The molecular formula is C17H18BrN3O2. The lowest BCUT2D eigenvalue weighted by Gasteiger charge is -2.26. The summed E-state index contributed by atoms with van der Waals surface area (Å²) in [5.74, 6) is 0. The molecule has 4 rings (SSSR count). The van der Waals surface area contributed by atoms with Crippen molar-refractivity contribution >= 4 is 37.9 Å². The Morgan fingerprint density at radius 1 is 1.26 bits per heavy atom. The number of nitrogens with zero attached hydrogens (tertiary/aromatic N) is 3. The monoisotopic (exact) mass is 375 g/mol. The number of aliphatic hydroxyl groups is 1. The topological polar surface area (TPSA) is 60.0 Å². The molecule has 6 heteroatoms. The van der Waals surface area contributed by atoms with E-state index in [0.29, 0.717) is 0 Å². The minimum absolute atomic E-state index is 0.00401. The van der Waals surface area contributed by atoms with Gasteiger partial charge in [0.1, 0.15) is 0 Å². The molecule has 2 heterocycles. The molecule has 1 saturated carbocycles. The zero-order valence-corrected chi connectivity index (χ0v) is 14.5. The van der Waals surface area contributed by atoms with E-state index < -0.39 is 0 Å². The molecule has 0 amide bonds. The molecule has 3 aromatic rings. The highest BCUT2D eigenvalue weighted by Gasteiger charge is 2.25. The largest absolute Gasteiger partial charge is 0.393 e. The fraction of sp³-hybridized carbons (Fsp3) is 0.412. The highest BCUT2D eigenvalue weighted by molar-refractivity contribution is 9.10. The molecule has 1 N–H and O–H groups in total. The Balaban J connectivity index is 2.04. The smallest absolute Gasteiger partial charge is 0.329 e. The predicted molar refractivity (Wildman–Crippen MR) is 93.7 cm³/mol. The molecule has 2 aromatic heterocycles. The maximum absolute atomic E-state index is 12.8. The van der Waals surface area contributed by atoms with Crippen LogP contribution >= 0.6 is 15.9 Å². The van der Waals surface area contributed by atoms with Crippen molar-refractivity contribution in [1.82, 2.24) is 14.1 Å². The van der Waals surface area contributed by atoms with Crippen molar-refractivity contribution in [2.75, 3.05) is 0 Å². The number of aliphatic hydroxyl groups excluding tert-OH is 1. The van der Waals surface area contributed by atoms with Gasteiger partial charge in [-0.1, -0.05) is 15.9 Å². The summed E-state index contributed by atoms with van der Waals surface area (Å²) in [6, 6.07) is 6.09. The number of hydrogen-bond acceptors (Lipinski definition) is 3. The third-order valence-electron chi connectivity index (χ3n) is 4.91. The van der Waals surface area contributed by atoms with E-state index in [-0.39, 0.29) is 17.8 Å². The van der Waals surface area contributed by atoms with Crippen LogP contribution in [0, 0.1) is 0 Å². The molecule has 23 heavy (non-hydrogen) atoms. The molecule has 0 unspecified atom stereocenters. The van der Waals surface area contributed by atoms with Gasteiger partial charge in [-0.25, -0.2) is 4.79 Å². The van der Waals surface area contributed by atoms with E-state index in [1.54, 1.807) is 17.8 Å². The number of aryl methyl sites for hydroxylation is 1. The Hall–Kier alpha value is -1.66. The Kier molecular flexibility index (Phi) is 3.54. The lowest BCUT2D eigenvalue weighted by molar-refractivity contribution is 0.111. The minimum atomic E-state index is -0.232. The second-order valence-corrected chi connectivity index (χ2v) is 7.24. The fourth-order valence-electron chi connectivity index (χ4n) is 3.65. The first-order valence-corrected chi connectivity index (χ1v) is 8.69. The van der Waals surface area contributed by atoms with Crippen molar-refractivity contribution in [1.29, 1.82) is 0 Å². The normalized spacial score (nSPS) is 22.0. The van der Waals surface area contributed by atoms with Gasteiger partial charge in [-0.15, -0.1) is 0 Å². The molecule has 1 aromatic carbocycles. The first kappa shape index (κ1) is 14.9. The van der Waals surface area contributed by atoms with Crippen molar-refractivity contribution in [2.45, 2.75) is 37.8 Å². The summed E-state index contributed by atoms with van der Waals surface area (Å²) in [7, 11) is 1.80. The molecule has 120 valence electrons. The van der Waals surface area contributed by atoms with Crippen LogP contribution in [-0.2, 0) is 7.05 Å². The Morgan fingerprint density at radius 3 is 2.74 bits per heavy atom. The molecule has 0 bridgehead atoms. The van der Waals surface area contributed by atoms with Crippen LogP contribution in [0.25, 0.3) is 21.9 Å². The highest BCUT2D eigenvalue weighted by Crippen LogP contribution is 2.33. The number of fused-ring (bicyclic) bond motifs is 3. The van der Waals surface area contributed by atoms with Crippen molar-refractivity contribution in [2.24, 2.45) is 7.05 Å². The van der Waals surface area contributed by atoms with Crippen LogP contribution in [0.2, 0.25) is 0 Å². The highest BCUT2D eigenvalue weighted by atomic mass is 79.9. The minimum Gasteiger partial charge on any atom is -0.393 e. The fourth-order valence-corrected chi connectivity index (χ4v) is 4.02. The quantitative estimate of drug-likeness (QED) is 0.710. The van der Waals surface area contributed by atoms with Crippen molar-refractivity contribution < 1.29 is 5.11 Å². The number of rotatable bonds is 1. The van der Waals surface area contributed by atoms with Gasteiger partial charge in [0.2, 0.25) is 0 Å². The summed E-state index contributed by atoms with van der Waals surface area (Å²) in [4.78, 5) is 17.3. The summed E-state index contributed by atoms with van der Waals surface area (Å²) in [5.41, 5.74) is 2.68. The molecule has 5 nitrogen and oxygen atoms in total. The summed E-state index contributed by atoms with van der Waals surface area (Å²) in [6.45, 7) is 0. The Labute approximate surface area is 141 Å². The van der Waals surface area contributed by atoms with E-state index in [9.17, 15) is 9.90 Å². The lowest BCUT2D eigenvalue weighted by atomic mass is 9.93. The van der Waals surface area contributed by atoms with Crippen LogP contribution in [-0.4, -0.2) is 25.3 Å². The van der Waals surface area contributed by atoms with E-state index in [2.05, 4.69) is 20.9 Å². The van der Waals surface area contributed by atoms with E-state index in [0.717, 1.165) is 52.1 Å². The van der Waals surface area contributed by atoms with Crippen LogP contribution in [0.4, 0.5) is 0 Å². The first-order valence-electron chi connectivity index (χ1n) is 7.89. The zero-order valence-electron chi connectivity index (χ0n) is 12.9. The molecule has 0 spiro atoms. The zero-order chi connectivity index (χ0) is 16.1. The molecule has 0 aliphatic heterocycles. The van der Waals surface area contributed by atoms with Crippen molar-refractivity contribution in [3.63, 3.8) is 0 Å². The molecule has 1 aliphatic carbocycles. The van der Waals surface area contributed by atoms with Crippen LogP contribution in [0.15, 0.2) is 33.7 Å². The van der Waals surface area contributed by atoms with Crippen LogP contribution in [0.3, 0.4) is 0 Å². The maximum Gasteiger partial charge on any atom is 0.329 e. The van der Waals surface area contributed by atoms with Gasteiger partial charge >= 0.3 is 5.69 Å². The predicted octanol–water partition coefficient (Wildman–Crippen LogP) is 3.13. The standard InChI is InChI=1S/C17H18BrN3O2/c1-20-15-9-19-14-7-2-10(18)8-13(14)16(15)21(17(20)23)11-3-5-12(22)6-4-11/h2,7-9,11-12,22H,3-6H2,1H3. The SMILES string of the molecule is Cn1c(=O)n(C2CCC(O)CC2)c2c3cc(Br)ccc3ncc21. The van der Waals surface area contributed by atoms with Gasteiger partial charge in [-0.05, 0) is 43.9 Å². The molecule has 1 fully saturated rings. The number of halogens is 1. The summed E-state index contributed by atoms with van der Waals surface area (Å²) < 4.78 is 4.56. The third-order valence-corrected chi connectivity index (χ3v) is 5.40. The summed E-state index contributed by atoms with van der Waals surface area (Å²) in [6.07, 6.45) is 4.71. The number of aromatic nitrogens is 3. The lowest BCUT2D eigenvalue weighted by Crippen LogP contribution is -2.29. The van der Waals surface area contributed by atoms with Gasteiger partial charge in [0, 0.05) is 22.9 Å². The average molecular weight is 376 g/mol. The van der Waals surface area contributed by atoms with E-state index in [1.807, 2.05) is 22.8 Å². The Morgan fingerprint density at radius 2 is 2.00 bits per heavy atom. The number of hydrogen-bond donors (Lipinski definition) is 1. The Bertz CT molecular complexity index is 952. The van der Waals surface area contributed by atoms with Gasteiger partial charge < -0.3 is 5.11 Å². The number of imidazole rings is 1. The number of benzene rings is 1. The number of pyridine rings is 1. The molecular weight excluding hydrogens is 358 g/mol. The average Bonchev–Trinajstić information content (AvgIpc) is 2.80. The molecule has 1 aliphatic rings. The first-order chi connectivity index (χ1) is 11.1. The van der Waals surface area contributed by atoms with Gasteiger partial charge in [0.15, 0.2) is 0 Å². The third kappa shape index (κ3) is 2.32. The van der Waals surface area contributed by atoms with Crippen molar-refractivity contribution in [3.05, 3.63) is 39.4 Å². The van der Waals surface area contributed by atoms with E-state index in [4.69, 9.17) is 0 Å².